The number of carbonyl (C=O) groups is 1. The van der Waals surface area contributed by atoms with Crippen LogP contribution in [0, 0.1) is 0 Å². The molecule has 132 valence electrons. The quantitative estimate of drug-likeness (QED) is 0.582. The van der Waals surface area contributed by atoms with Gasteiger partial charge in [0.1, 0.15) is 11.3 Å². The molecule has 3 heterocycles. The fraction of sp³-hybridized carbons (Fsp3) is 0.125. The average Bonchev–Trinajstić information content (AvgIpc) is 3.15. The van der Waals surface area contributed by atoms with Crippen LogP contribution in [0.3, 0.4) is 0 Å². The van der Waals surface area contributed by atoms with Crippen molar-refractivity contribution in [2.45, 2.75) is 0 Å². The van der Waals surface area contributed by atoms with Crippen LogP contribution >= 0.6 is 0 Å². The summed E-state index contributed by atoms with van der Waals surface area (Å²) in [6.07, 6.45) is 6.01. The van der Waals surface area contributed by atoms with Gasteiger partial charge in [0.05, 0.1) is 5.75 Å². The largest absolute Gasteiger partial charge is 0.423 e. The van der Waals surface area contributed by atoms with E-state index in [2.05, 4.69) is 14.6 Å². The molecule has 9 nitrogen and oxygen atoms in total. The molecule has 0 radical (unpaired) electrons. The number of hydrogen-bond donors (Lipinski definition) is 0. The third-order valence-corrected chi connectivity index (χ3v) is 4.90. The van der Waals surface area contributed by atoms with Crippen LogP contribution in [0.1, 0.15) is 0 Å². The molecule has 2 aliphatic rings. The average molecular weight is 372 g/mol. The van der Waals surface area contributed by atoms with E-state index in [1.54, 1.807) is 41.4 Å². The minimum Gasteiger partial charge on any atom is -0.423 e. The first-order valence-electron chi connectivity index (χ1n) is 7.59. The number of allylic oxidation sites excluding steroid dienone is 2. The summed E-state index contributed by atoms with van der Waals surface area (Å²) in [4.78, 5) is 14.1. The van der Waals surface area contributed by atoms with Gasteiger partial charge in [-0.3, -0.25) is 0 Å². The Bertz CT molecular complexity index is 1040. The fourth-order valence-corrected chi connectivity index (χ4v) is 3.49. The Morgan fingerprint density at radius 2 is 2.04 bits per heavy atom. The lowest BCUT2D eigenvalue weighted by molar-refractivity contribution is -0.129. The van der Waals surface area contributed by atoms with Crippen molar-refractivity contribution in [3.63, 3.8) is 0 Å². The number of esters is 1. The number of carbonyl (C=O) groups excluding carboxylic acids is 1. The molecule has 10 heteroatoms. The van der Waals surface area contributed by atoms with Crippen molar-refractivity contribution in [2.75, 3.05) is 12.3 Å². The first kappa shape index (κ1) is 16.2. The maximum atomic E-state index is 12.5. The van der Waals surface area contributed by atoms with Crippen molar-refractivity contribution in [1.82, 2.24) is 15.1 Å². The van der Waals surface area contributed by atoms with Gasteiger partial charge in [0.15, 0.2) is 5.84 Å². The molecule has 0 unspecified atom stereocenters. The van der Waals surface area contributed by atoms with Crippen LogP contribution in [0.25, 0.3) is 11.5 Å². The third kappa shape index (κ3) is 3.14. The lowest BCUT2D eigenvalue weighted by atomic mass is 10.1. The highest BCUT2D eigenvalue weighted by atomic mass is 32.2. The lowest BCUT2D eigenvalue weighted by Gasteiger charge is -2.28. The van der Waals surface area contributed by atoms with Gasteiger partial charge in [-0.2, -0.15) is 0 Å². The highest BCUT2D eigenvalue weighted by molar-refractivity contribution is 7.90. The zero-order valence-electron chi connectivity index (χ0n) is 13.3. The molecule has 0 spiro atoms. The van der Waals surface area contributed by atoms with Crippen LogP contribution in [-0.4, -0.2) is 47.6 Å². The zero-order valence-corrected chi connectivity index (χ0v) is 14.1. The second-order valence-electron chi connectivity index (χ2n) is 5.47. The summed E-state index contributed by atoms with van der Waals surface area (Å²) in [5, 5.41) is 7.39. The Morgan fingerprint density at radius 1 is 1.23 bits per heavy atom. The monoisotopic (exact) mass is 372 g/mol. The fourth-order valence-electron chi connectivity index (χ4n) is 2.50. The number of fused-ring (bicyclic) bond motifs is 1. The Balaban J connectivity index is 1.55. The van der Waals surface area contributed by atoms with Gasteiger partial charge < -0.3 is 14.1 Å². The molecule has 0 aliphatic carbocycles. The van der Waals surface area contributed by atoms with Crippen molar-refractivity contribution < 1.29 is 22.4 Å². The highest BCUT2D eigenvalue weighted by Crippen LogP contribution is 2.23. The van der Waals surface area contributed by atoms with E-state index in [1.807, 2.05) is 0 Å². The molecule has 2 aliphatic heterocycles. The molecular formula is C16H12N4O5S. The molecule has 2 aromatic rings. The number of ether oxygens (including phenoxy) is 1. The topological polar surface area (TPSA) is 115 Å². The highest BCUT2D eigenvalue weighted by Gasteiger charge is 2.30. The van der Waals surface area contributed by atoms with Gasteiger partial charge in [-0.25, -0.2) is 13.2 Å². The lowest BCUT2D eigenvalue weighted by Crippen LogP contribution is -2.40. The van der Waals surface area contributed by atoms with Gasteiger partial charge in [0.2, 0.25) is 12.3 Å². The minimum absolute atomic E-state index is 0.0752. The molecule has 0 saturated carbocycles. The second kappa shape index (κ2) is 6.23. The van der Waals surface area contributed by atoms with Crippen molar-refractivity contribution in [3.8, 4) is 17.2 Å². The Morgan fingerprint density at radius 3 is 2.77 bits per heavy atom. The maximum Gasteiger partial charge on any atom is 0.347 e. The van der Waals surface area contributed by atoms with Gasteiger partial charge in [-0.05, 0) is 36.4 Å². The van der Waals surface area contributed by atoms with Gasteiger partial charge in [0, 0.05) is 18.3 Å². The number of hydrogen-bond acceptors (Lipinski definition) is 8. The van der Waals surface area contributed by atoms with E-state index >= 15 is 0 Å². The first-order valence-corrected chi connectivity index (χ1v) is 9.20. The van der Waals surface area contributed by atoms with E-state index in [0.717, 1.165) is 0 Å². The molecule has 0 amide bonds. The molecule has 1 aromatic heterocycles. The molecule has 0 N–H and O–H groups in total. The zero-order chi connectivity index (χ0) is 18.1. The number of sulfonamides is 1. The predicted molar refractivity (Wildman–Crippen MR) is 90.5 cm³/mol. The third-order valence-electron chi connectivity index (χ3n) is 3.75. The molecule has 4 rings (SSSR count). The molecular weight excluding hydrogens is 360 g/mol. The summed E-state index contributed by atoms with van der Waals surface area (Å²) in [5.74, 6) is -0.0766. The van der Waals surface area contributed by atoms with Crippen LogP contribution < -0.4 is 4.74 Å². The molecule has 0 saturated heterocycles. The second-order valence-corrected chi connectivity index (χ2v) is 7.23. The number of amidine groups is 1. The van der Waals surface area contributed by atoms with Crippen LogP contribution in [0.2, 0.25) is 0 Å². The van der Waals surface area contributed by atoms with Crippen LogP contribution in [0.4, 0.5) is 0 Å². The maximum absolute atomic E-state index is 12.5. The SMILES string of the molecule is O=C(Oc1ccc(-c2nnco2)cc1)C1=CC=CN2CCS(=O)(=O)N=C12. The number of rotatable bonds is 3. The van der Waals surface area contributed by atoms with E-state index in [1.165, 1.54) is 12.5 Å². The number of nitrogens with zero attached hydrogens (tertiary/aromatic N) is 4. The van der Waals surface area contributed by atoms with Crippen molar-refractivity contribution >= 4 is 21.8 Å². The van der Waals surface area contributed by atoms with Gasteiger partial charge in [0.25, 0.3) is 10.0 Å². The van der Waals surface area contributed by atoms with E-state index in [0.29, 0.717) is 17.2 Å². The Labute approximate surface area is 148 Å². The summed E-state index contributed by atoms with van der Waals surface area (Å²) >= 11 is 0. The van der Waals surface area contributed by atoms with Crippen molar-refractivity contribution in [1.29, 1.82) is 0 Å². The summed E-state index contributed by atoms with van der Waals surface area (Å²) in [6.45, 7) is 0.237. The van der Waals surface area contributed by atoms with Crippen molar-refractivity contribution in [2.24, 2.45) is 4.40 Å². The van der Waals surface area contributed by atoms with E-state index in [4.69, 9.17) is 9.15 Å². The van der Waals surface area contributed by atoms with Gasteiger partial charge >= 0.3 is 5.97 Å². The van der Waals surface area contributed by atoms with E-state index in [-0.39, 0.29) is 23.7 Å². The van der Waals surface area contributed by atoms with E-state index in [9.17, 15) is 13.2 Å². The molecule has 1 aromatic carbocycles. The van der Waals surface area contributed by atoms with Gasteiger partial charge in [-0.1, -0.05) is 0 Å². The molecule has 26 heavy (non-hydrogen) atoms. The smallest absolute Gasteiger partial charge is 0.347 e. The van der Waals surface area contributed by atoms with Crippen LogP contribution in [-0.2, 0) is 14.8 Å². The standard InChI is InChI=1S/C16H12N4O5S/c21-16(13-2-1-7-20-8-9-26(22,23)19-14(13)20)25-12-5-3-11(4-6-12)15-18-17-10-24-15/h1-7,10H,8-9H2. The molecule has 0 fully saturated rings. The summed E-state index contributed by atoms with van der Waals surface area (Å²) in [5.41, 5.74) is 0.757. The normalized spacial score (nSPS) is 17.9. The van der Waals surface area contributed by atoms with Crippen LogP contribution in [0.15, 0.2) is 63.4 Å². The van der Waals surface area contributed by atoms with Gasteiger partial charge in [-0.15, -0.1) is 14.6 Å². The summed E-state index contributed by atoms with van der Waals surface area (Å²) in [7, 11) is -3.58. The number of benzene rings is 1. The first-order chi connectivity index (χ1) is 12.5. The summed E-state index contributed by atoms with van der Waals surface area (Å²) < 4.78 is 37.6. The Hall–Kier alpha value is -3.27. The molecule has 0 atom stereocenters. The van der Waals surface area contributed by atoms with Crippen LogP contribution in [0.5, 0.6) is 5.75 Å². The van der Waals surface area contributed by atoms with Crippen molar-refractivity contribution in [3.05, 3.63) is 54.6 Å². The predicted octanol–water partition coefficient (Wildman–Crippen LogP) is 1.14. The minimum atomic E-state index is -3.58. The Kier molecular flexibility index (Phi) is 3.88. The summed E-state index contributed by atoms with van der Waals surface area (Å²) in [6, 6.07) is 6.49. The molecule has 0 bridgehead atoms. The number of aromatic nitrogens is 2. The van der Waals surface area contributed by atoms with E-state index < -0.39 is 16.0 Å².